The monoisotopic (exact) mass is 281 g/mol. The number of aromatic nitrogens is 1. The summed E-state index contributed by atoms with van der Waals surface area (Å²) < 4.78 is 4.43. The second-order valence-corrected chi connectivity index (χ2v) is 3.95. The Hall–Kier alpha value is -2.48. The van der Waals surface area contributed by atoms with Gasteiger partial charge in [0.05, 0.1) is 12.7 Å². The van der Waals surface area contributed by atoms with Gasteiger partial charge in [-0.3, -0.25) is 9.59 Å². The summed E-state index contributed by atoms with van der Waals surface area (Å²) in [6.45, 7) is 0. The lowest BCUT2D eigenvalue weighted by atomic mass is 10.1. The Labute approximate surface area is 114 Å². The molecule has 0 aliphatic heterocycles. The number of aromatic carboxylic acids is 1. The predicted octanol–water partition coefficient (Wildman–Crippen LogP) is -0.00120. The van der Waals surface area contributed by atoms with E-state index in [1.165, 1.54) is 19.2 Å². The van der Waals surface area contributed by atoms with Crippen LogP contribution in [0.5, 0.6) is 0 Å². The smallest absolute Gasteiger partial charge is 0.337 e. The van der Waals surface area contributed by atoms with E-state index in [-0.39, 0.29) is 30.1 Å². The highest BCUT2D eigenvalue weighted by Crippen LogP contribution is 2.06. The van der Waals surface area contributed by atoms with Crippen molar-refractivity contribution >= 4 is 23.7 Å². The van der Waals surface area contributed by atoms with Crippen LogP contribution in [0.4, 0.5) is 5.82 Å². The third-order valence-corrected chi connectivity index (χ3v) is 2.46. The SMILES string of the molecule is COC(=O)[C@@H](N)CCC(=O)Nc1ccc(C(=O)O)cn1. The van der Waals surface area contributed by atoms with Crippen LogP contribution in [0.3, 0.4) is 0 Å². The fraction of sp³-hybridized carbons (Fsp3) is 0.333. The molecule has 0 fully saturated rings. The van der Waals surface area contributed by atoms with Gasteiger partial charge in [0.2, 0.25) is 5.91 Å². The van der Waals surface area contributed by atoms with Crippen LogP contribution >= 0.6 is 0 Å². The van der Waals surface area contributed by atoms with Crippen molar-refractivity contribution in [3.05, 3.63) is 23.9 Å². The summed E-state index contributed by atoms with van der Waals surface area (Å²) in [6, 6.07) is 1.85. The fourth-order valence-electron chi connectivity index (χ4n) is 1.36. The van der Waals surface area contributed by atoms with E-state index < -0.39 is 18.0 Å². The molecule has 0 unspecified atom stereocenters. The normalized spacial score (nSPS) is 11.5. The number of hydrogen-bond donors (Lipinski definition) is 3. The van der Waals surface area contributed by atoms with E-state index in [1.807, 2.05) is 0 Å². The third-order valence-electron chi connectivity index (χ3n) is 2.46. The second kappa shape index (κ2) is 7.19. The van der Waals surface area contributed by atoms with Crippen LogP contribution < -0.4 is 11.1 Å². The molecule has 0 spiro atoms. The topological polar surface area (TPSA) is 132 Å². The molecular weight excluding hydrogens is 266 g/mol. The molecule has 1 amide bonds. The van der Waals surface area contributed by atoms with E-state index in [1.54, 1.807) is 0 Å². The number of anilines is 1. The summed E-state index contributed by atoms with van der Waals surface area (Å²) in [7, 11) is 1.22. The molecule has 8 nitrogen and oxygen atoms in total. The lowest BCUT2D eigenvalue weighted by Crippen LogP contribution is -2.32. The zero-order valence-corrected chi connectivity index (χ0v) is 10.8. The molecule has 1 aromatic rings. The average molecular weight is 281 g/mol. The molecule has 0 aromatic carbocycles. The number of esters is 1. The number of carbonyl (C=O) groups is 3. The van der Waals surface area contributed by atoms with E-state index in [2.05, 4.69) is 15.0 Å². The Bertz CT molecular complexity index is 500. The van der Waals surface area contributed by atoms with Gasteiger partial charge in [0, 0.05) is 12.6 Å². The molecule has 0 aliphatic rings. The molecule has 1 aromatic heterocycles. The van der Waals surface area contributed by atoms with Crippen LogP contribution in [-0.4, -0.2) is 41.1 Å². The van der Waals surface area contributed by atoms with Gasteiger partial charge in [0.15, 0.2) is 0 Å². The van der Waals surface area contributed by atoms with Gasteiger partial charge < -0.3 is 20.9 Å². The zero-order valence-electron chi connectivity index (χ0n) is 10.8. The van der Waals surface area contributed by atoms with E-state index in [0.717, 1.165) is 6.20 Å². The van der Waals surface area contributed by atoms with Gasteiger partial charge in [0.1, 0.15) is 11.9 Å². The van der Waals surface area contributed by atoms with E-state index in [4.69, 9.17) is 10.8 Å². The molecule has 0 saturated carbocycles. The van der Waals surface area contributed by atoms with Crippen molar-refractivity contribution < 1.29 is 24.2 Å². The highest BCUT2D eigenvalue weighted by Gasteiger charge is 2.15. The molecule has 8 heteroatoms. The van der Waals surface area contributed by atoms with Crippen molar-refractivity contribution in [2.75, 3.05) is 12.4 Å². The molecule has 1 rings (SSSR count). The Morgan fingerprint density at radius 3 is 2.65 bits per heavy atom. The number of ether oxygens (including phenoxy) is 1. The lowest BCUT2D eigenvalue weighted by Gasteiger charge is -2.09. The van der Waals surface area contributed by atoms with Gasteiger partial charge in [-0.05, 0) is 18.6 Å². The molecular formula is C12H15N3O5. The van der Waals surface area contributed by atoms with Gasteiger partial charge in [0.25, 0.3) is 0 Å². The largest absolute Gasteiger partial charge is 0.478 e. The number of pyridine rings is 1. The van der Waals surface area contributed by atoms with Crippen molar-refractivity contribution in [2.45, 2.75) is 18.9 Å². The fourth-order valence-corrected chi connectivity index (χ4v) is 1.36. The van der Waals surface area contributed by atoms with Crippen LogP contribution in [0, 0.1) is 0 Å². The number of carboxylic acid groups (broad SMARTS) is 1. The van der Waals surface area contributed by atoms with Crippen molar-refractivity contribution in [1.82, 2.24) is 4.98 Å². The van der Waals surface area contributed by atoms with Crippen LogP contribution in [-0.2, 0) is 14.3 Å². The molecule has 1 atom stereocenters. The van der Waals surface area contributed by atoms with Crippen LogP contribution in [0.1, 0.15) is 23.2 Å². The molecule has 4 N–H and O–H groups in total. The Morgan fingerprint density at radius 2 is 2.15 bits per heavy atom. The summed E-state index contributed by atoms with van der Waals surface area (Å²) in [5, 5.41) is 11.2. The maximum Gasteiger partial charge on any atom is 0.337 e. The van der Waals surface area contributed by atoms with Crippen molar-refractivity contribution in [3.8, 4) is 0 Å². The lowest BCUT2D eigenvalue weighted by molar-refractivity contribution is -0.142. The second-order valence-electron chi connectivity index (χ2n) is 3.95. The maximum atomic E-state index is 11.6. The summed E-state index contributed by atoms with van der Waals surface area (Å²) in [5.41, 5.74) is 5.51. The minimum atomic E-state index is -1.10. The van der Waals surface area contributed by atoms with Crippen LogP contribution in [0.2, 0.25) is 0 Å². The number of amides is 1. The number of nitrogens with two attached hydrogens (primary N) is 1. The number of carbonyl (C=O) groups excluding carboxylic acids is 2. The van der Waals surface area contributed by atoms with Crippen molar-refractivity contribution in [1.29, 1.82) is 0 Å². The van der Waals surface area contributed by atoms with Crippen molar-refractivity contribution in [2.24, 2.45) is 5.73 Å². The molecule has 108 valence electrons. The maximum absolute atomic E-state index is 11.6. The number of nitrogens with one attached hydrogen (secondary N) is 1. The average Bonchev–Trinajstić information content (AvgIpc) is 2.44. The number of methoxy groups -OCH3 is 1. The Kier molecular flexibility index (Phi) is 5.60. The van der Waals surface area contributed by atoms with Crippen LogP contribution in [0.15, 0.2) is 18.3 Å². The van der Waals surface area contributed by atoms with E-state index >= 15 is 0 Å². The van der Waals surface area contributed by atoms with Gasteiger partial charge in [-0.2, -0.15) is 0 Å². The highest BCUT2D eigenvalue weighted by atomic mass is 16.5. The molecule has 0 saturated heterocycles. The molecule has 0 aliphatic carbocycles. The molecule has 1 heterocycles. The first-order valence-electron chi connectivity index (χ1n) is 5.76. The number of hydrogen-bond acceptors (Lipinski definition) is 6. The van der Waals surface area contributed by atoms with E-state index in [9.17, 15) is 14.4 Å². The number of nitrogens with zero attached hydrogens (tertiary/aromatic N) is 1. The van der Waals surface area contributed by atoms with Gasteiger partial charge in [-0.1, -0.05) is 0 Å². The summed E-state index contributed by atoms with van der Waals surface area (Å²) in [4.78, 5) is 37.0. The highest BCUT2D eigenvalue weighted by molar-refractivity contribution is 5.91. The first-order chi connectivity index (χ1) is 9.43. The molecule has 0 bridgehead atoms. The number of carboxylic acids is 1. The standard InChI is InChI=1S/C12H15N3O5/c1-20-12(19)8(13)3-5-10(16)15-9-4-2-7(6-14-9)11(17)18/h2,4,6,8H,3,5,13H2,1H3,(H,17,18)(H,14,15,16)/t8-/m0/s1. The third kappa shape index (κ3) is 4.65. The van der Waals surface area contributed by atoms with Gasteiger partial charge in [-0.25, -0.2) is 9.78 Å². The minimum absolute atomic E-state index is 0.0238. The Morgan fingerprint density at radius 1 is 1.45 bits per heavy atom. The summed E-state index contributed by atoms with van der Waals surface area (Å²) >= 11 is 0. The van der Waals surface area contributed by atoms with Gasteiger partial charge >= 0.3 is 11.9 Å². The first kappa shape index (κ1) is 15.6. The first-order valence-corrected chi connectivity index (χ1v) is 5.76. The Balaban J connectivity index is 2.46. The zero-order chi connectivity index (χ0) is 15.1. The van der Waals surface area contributed by atoms with Gasteiger partial charge in [-0.15, -0.1) is 0 Å². The van der Waals surface area contributed by atoms with Crippen molar-refractivity contribution in [3.63, 3.8) is 0 Å². The quantitative estimate of drug-likeness (QED) is 0.625. The number of rotatable bonds is 6. The van der Waals surface area contributed by atoms with Crippen LogP contribution in [0.25, 0.3) is 0 Å². The van der Waals surface area contributed by atoms with E-state index in [0.29, 0.717) is 0 Å². The predicted molar refractivity (Wildman–Crippen MR) is 69.1 cm³/mol. The molecule has 20 heavy (non-hydrogen) atoms. The minimum Gasteiger partial charge on any atom is -0.478 e. The summed E-state index contributed by atoms with van der Waals surface area (Å²) in [6.07, 6.45) is 1.31. The molecule has 0 radical (unpaired) electrons. The summed E-state index contributed by atoms with van der Waals surface area (Å²) in [5.74, 6) is -1.83.